The number of alkyl halides is 1. The third-order valence-corrected chi connectivity index (χ3v) is 1.28. The highest BCUT2D eigenvalue weighted by atomic mass is 35.5. The van der Waals surface area contributed by atoms with E-state index in [0.717, 1.165) is 19.1 Å². The minimum atomic E-state index is -0.160. The molecule has 0 unspecified atom stereocenters. The molecule has 56 valence electrons. The van der Waals surface area contributed by atoms with Crippen molar-refractivity contribution in [1.82, 2.24) is 0 Å². The molecule has 0 aliphatic heterocycles. The lowest BCUT2D eigenvalue weighted by Gasteiger charge is -1.88. The van der Waals surface area contributed by atoms with Crippen LogP contribution >= 0.6 is 11.6 Å². The van der Waals surface area contributed by atoms with E-state index in [9.17, 15) is 4.79 Å². The van der Waals surface area contributed by atoms with Gasteiger partial charge in [-0.15, -0.1) is 11.6 Å². The summed E-state index contributed by atoms with van der Waals surface area (Å²) < 4.78 is 0. The molecule has 0 N–H and O–H groups in total. The number of nitrogens with zero attached hydrogens (tertiary/aromatic N) is 2. The molecule has 0 aliphatic rings. The summed E-state index contributed by atoms with van der Waals surface area (Å²) in [5.74, 6) is 0.413. The Morgan fingerprint density at radius 2 is 2.30 bits per heavy atom. The summed E-state index contributed by atoms with van der Waals surface area (Å²) in [6.07, 6.45) is 2.91. The molecule has 0 atom stereocenters. The van der Waals surface area contributed by atoms with Crippen molar-refractivity contribution in [3.8, 4) is 0 Å². The molecule has 3 nitrogen and oxygen atoms in total. The van der Waals surface area contributed by atoms with E-state index in [1.165, 1.54) is 0 Å². The number of Topliss-reactive ketones (excluding diaryl/α,β-unsaturated/α-hetero) is 1. The number of ketones is 1. The smallest absolute Gasteiger partial charge is 0.323 e. The quantitative estimate of drug-likeness (QED) is 0.196. The van der Waals surface area contributed by atoms with Gasteiger partial charge in [0.25, 0.3) is 0 Å². The zero-order valence-corrected chi connectivity index (χ0v) is 6.34. The minimum Gasteiger partial charge on any atom is -0.361 e. The maximum atomic E-state index is 10.6. The van der Waals surface area contributed by atoms with E-state index < -0.39 is 0 Å². The molecular weight excluding hydrogens is 152 g/mol. The average Bonchev–Trinajstić information content (AvgIpc) is 1.89. The molecule has 0 amide bonds. The second-order valence-electron chi connectivity index (χ2n) is 1.86. The first-order valence-corrected chi connectivity index (χ1v) is 3.61. The third kappa shape index (κ3) is 5.48. The molecule has 0 bridgehead atoms. The highest BCUT2D eigenvalue weighted by Gasteiger charge is 2.00. The Kier molecular flexibility index (Phi) is 6.03. The first-order chi connectivity index (χ1) is 4.81. The van der Waals surface area contributed by atoms with Crippen molar-refractivity contribution in [1.29, 1.82) is 0 Å². The van der Waals surface area contributed by atoms with E-state index in [2.05, 4.69) is 4.79 Å². The number of unbranched alkanes of at least 4 members (excludes halogenated alkanes) is 1. The van der Waals surface area contributed by atoms with Gasteiger partial charge in [-0.3, -0.25) is 4.79 Å². The topological polar surface area (TPSA) is 53.5 Å². The van der Waals surface area contributed by atoms with E-state index in [-0.39, 0.29) is 5.78 Å². The minimum absolute atomic E-state index is 0.160. The van der Waals surface area contributed by atoms with Crippen LogP contribution in [0.5, 0.6) is 0 Å². The molecule has 0 saturated carbocycles. The van der Waals surface area contributed by atoms with Gasteiger partial charge >= 0.3 is 6.21 Å². The van der Waals surface area contributed by atoms with Crippen LogP contribution in [0.1, 0.15) is 19.3 Å². The van der Waals surface area contributed by atoms with Gasteiger partial charge in [0.1, 0.15) is 0 Å². The Bertz CT molecular complexity index is 152. The monoisotopic (exact) mass is 160 g/mol. The van der Waals surface area contributed by atoms with Crippen LogP contribution in [0.2, 0.25) is 0 Å². The summed E-state index contributed by atoms with van der Waals surface area (Å²) in [4.78, 5) is 13.2. The highest BCUT2D eigenvalue weighted by molar-refractivity contribution is 6.25. The Morgan fingerprint density at radius 1 is 1.60 bits per heavy atom. The van der Waals surface area contributed by atoms with Gasteiger partial charge in [0.2, 0.25) is 5.78 Å². The predicted octanol–water partition coefficient (Wildman–Crippen LogP) is 1.27. The van der Waals surface area contributed by atoms with Gasteiger partial charge in [-0.05, 0) is 12.8 Å². The van der Waals surface area contributed by atoms with E-state index in [4.69, 9.17) is 17.1 Å². The van der Waals surface area contributed by atoms with Crippen LogP contribution < -0.4 is 0 Å². The molecule has 0 radical (unpaired) electrons. The first-order valence-electron chi connectivity index (χ1n) is 3.07. The number of carbonyl (C=O) groups excluding carboxylic acids is 1. The Morgan fingerprint density at radius 3 is 2.80 bits per heavy atom. The lowest BCUT2D eigenvalue weighted by atomic mass is 10.2. The van der Waals surface area contributed by atoms with Crippen LogP contribution in [-0.2, 0) is 4.79 Å². The van der Waals surface area contributed by atoms with Crippen molar-refractivity contribution >= 4 is 23.6 Å². The largest absolute Gasteiger partial charge is 0.361 e. The number of rotatable bonds is 5. The van der Waals surface area contributed by atoms with Crippen molar-refractivity contribution in [2.75, 3.05) is 5.88 Å². The van der Waals surface area contributed by atoms with E-state index in [1.54, 1.807) is 0 Å². The Labute approximate surface area is 64.6 Å². The molecule has 0 aromatic carbocycles. The Hall–Kier alpha value is -0.660. The molecular formula is C6H9ClN2O. The third-order valence-electron chi connectivity index (χ3n) is 1.01. The van der Waals surface area contributed by atoms with E-state index in [1.807, 2.05) is 0 Å². The first kappa shape index (κ1) is 9.34. The zero-order chi connectivity index (χ0) is 7.82. The van der Waals surface area contributed by atoms with Gasteiger partial charge in [-0.25, -0.2) is 0 Å². The summed E-state index contributed by atoms with van der Waals surface area (Å²) in [5.41, 5.74) is 7.92. The number of halogens is 1. The van der Waals surface area contributed by atoms with Crippen LogP contribution in [-0.4, -0.2) is 22.7 Å². The van der Waals surface area contributed by atoms with Gasteiger partial charge < -0.3 is 5.53 Å². The normalized spacial score (nSPS) is 8.50. The van der Waals surface area contributed by atoms with Gasteiger partial charge in [-0.2, -0.15) is 4.79 Å². The molecule has 0 spiro atoms. The van der Waals surface area contributed by atoms with Crippen molar-refractivity contribution in [3.05, 3.63) is 5.53 Å². The molecule has 4 heteroatoms. The molecule has 0 aliphatic carbocycles. The van der Waals surface area contributed by atoms with Crippen molar-refractivity contribution in [2.24, 2.45) is 0 Å². The summed E-state index contributed by atoms with van der Waals surface area (Å²) in [6.45, 7) is 0. The van der Waals surface area contributed by atoms with Crippen LogP contribution in [0, 0.1) is 0 Å². The summed E-state index contributed by atoms with van der Waals surface area (Å²) in [6, 6.07) is 0. The number of carbonyl (C=O) groups is 1. The summed E-state index contributed by atoms with van der Waals surface area (Å²) in [7, 11) is 0. The van der Waals surface area contributed by atoms with Crippen LogP contribution in [0.3, 0.4) is 0 Å². The van der Waals surface area contributed by atoms with Crippen LogP contribution in [0.25, 0.3) is 5.53 Å². The van der Waals surface area contributed by atoms with Crippen LogP contribution in [0.4, 0.5) is 0 Å². The van der Waals surface area contributed by atoms with Crippen molar-refractivity contribution in [2.45, 2.75) is 19.3 Å². The van der Waals surface area contributed by atoms with Crippen molar-refractivity contribution < 1.29 is 9.58 Å². The lowest BCUT2D eigenvalue weighted by Crippen LogP contribution is -1.99. The summed E-state index contributed by atoms with van der Waals surface area (Å²) in [5, 5.41) is 0. The van der Waals surface area contributed by atoms with E-state index >= 15 is 0 Å². The maximum absolute atomic E-state index is 10.6. The standard InChI is InChI=1S/C6H9ClN2O/c7-4-2-1-3-6(10)5-9-8/h5H,1-4H2. The van der Waals surface area contributed by atoms with E-state index in [0.29, 0.717) is 12.3 Å². The maximum Gasteiger partial charge on any atom is 0.323 e. The fourth-order valence-electron chi connectivity index (χ4n) is 0.523. The molecule has 0 rings (SSSR count). The lowest BCUT2D eigenvalue weighted by molar-refractivity contribution is -0.116. The summed E-state index contributed by atoms with van der Waals surface area (Å²) >= 11 is 5.37. The number of hydrogen-bond donors (Lipinski definition) is 0. The second-order valence-corrected chi connectivity index (χ2v) is 2.23. The molecule has 0 fully saturated rings. The van der Waals surface area contributed by atoms with Crippen molar-refractivity contribution in [3.63, 3.8) is 0 Å². The fraction of sp³-hybridized carbons (Fsp3) is 0.667. The second kappa shape index (κ2) is 6.46. The predicted molar refractivity (Wildman–Crippen MR) is 39.3 cm³/mol. The van der Waals surface area contributed by atoms with Gasteiger partial charge in [-0.1, -0.05) is 0 Å². The fourth-order valence-corrected chi connectivity index (χ4v) is 0.712. The molecule has 0 aromatic rings. The average molecular weight is 161 g/mol. The molecule has 0 saturated heterocycles. The SMILES string of the molecule is [N-]=[N+]=CC(=O)CCCCCl. The Balaban J connectivity index is 3.31. The van der Waals surface area contributed by atoms with Crippen LogP contribution in [0.15, 0.2) is 0 Å². The number of hydrogen-bond acceptors (Lipinski definition) is 1. The highest BCUT2D eigenvalue weighted by Crippen LogP contribution is 1.96. The molecule has 0 heterocycles. The zero-order valence-electron chi connectivity index (χ0n) is 5.59. The van der Waals surface area contributed by atoms with Gasteiger partial charge in [0, 0.05) is 12.3 Å². The van der Waals surface area contributed by atoms with Gasteiger partial charge in [0.05, 0.1) is 0 Å². The molecule has 10 heavy (non-hydrogen) atoms. The molecule has 0 aromatic heterocycles. The van der Waals surface area contributed by atoms with Gasteiger partial charge in [0.15, 0.2) is 0 Å².